The Morgan fingerprint density at radius 2 is 2.25 bits per heavy atom. The van der Waals surface area contributed by atoms with Crippen molar-refractivity contribution in [3.63, 3.8) is 0 Å². The third-order valence-electron chi connectivity index (χ3n) is 3.08. The number of terminal acetylenes is 1. The monoisotopic (exact) mass is 263 g/mol. The zero-order valence-corrected chi connectivity index (χ0v) is 10.8. The van der Waals surface area contributed by atoms with Gasteiger partial charge in [-0.25, -0.2) is 8.42 Å². The first-order chi connectivity index (χ1) is 7.24. The molecule has 1 rings (SSSR count). The molecule has 0 aromatic carbocycles. The van der Waals surface area contributed by atoms with Crippen molar-refractivity contribution in [2.24, 2.45) is 0 Å². The van der Waals surface area contributed by atoms with Crippen molar-refractivity contribution in [3.8, 4) is 12.3 Å². The highest BCUT2D eigenvalue weighted by molar-refractivity contribution is 8.14. The molecule has 1 amide bonds. The molecule has 1 saturated heterocycles. The highest BCUT2D eigenvalue weighted by Crippen LogP contribution is 2.29. The van der Waals surface area contributed by atoms with Gasteiger partial charge in [0.25, 0.3) is 0 Å². The molecule has 90 valence electrons. The Bertz CT molecular complexity index is 439. The van der Waals surface area contributed by atoms with Crippen molar-refractivity contribution in [3.05, 3.63) is 0 Å². The van der Waals surface area contributed by atoms with Crippen molar-refractivity contribution in [2.45, 2.75) is 37.5 Å². The van der Waals surface area contributed by atoms with Crippen LogP contribution >= 0.6 is 10.7 Å². The minimum absolute atomic E-state index is 0.0803. The quantitative estimate of drug-likeness (QED) is 0.563. The smallest absolute Gasteiger partial charge is 0.237 e. The summed E-state index contributed by atoms with van der Waals surface area (Å²) in [4.78, 5) is 13.1. The Kier molecular flexibility index (Phi) is 3.56. The molecule has 0 bridgehead atoms. The third-order valence-corrected chi connectivity index (χ3v) is 4.95. The number of hydrogen-bond acceptors (Lipinski definition) is 3. The van der Waals surface area contributed by atoms with E-state index in [1.807, 2.05) is 6.92 Å². The molecule has 0 aromatic rings. The summed E-state index contributed by atoms with van der Waals surface area (Å²) in [6, 6.07) is 0. The average molecular weight is 264 g/mol. The minimum Gasteiger partial charge on any atom is -0.325 e. The van der Waals surface area contributed by atoms with Crippen LogP contribution in [0.5, 0.6) is 0 Å². The molecule has 2 atom stereocenters. The first kappa shape index (κ1) is 13.3. The van der Waals surface area contributed by atoms with E-state index >= 15 is 0 Å². The van der Waals surface area contributed by atoms with Gasteiger partial charge in [0.2, 0.25) is 15.0 Å². The lowest BCUT2D eigenvalue weighted by molar-refractivity contribution is -0.131. The predicted molar refractivity (Wildman–Crippen MR) is 62.4 cm³/mol. The van der Waals surface area contributed by atoms with Gasteiger partial charge in [0.1, 0.15) is 10.8 Å². The van der Waals surface area contributed by atoms with Gasteiger partial charge in [-0.3, -0.25) is 4.79 Å². The van der Waals surface area contributed by atoms with E-state index in [4.69, 9.17) is 17.1 Å². The summed E-state index contributed by atoms with van der Waals surface area (Å²) in [6.45, 7) is 3.68. The number of rotatable bonds is 3. The number of halogens is 1. The number of hydrogen-bond donors (Lipinski definition) is 0. The van der Waals surface area contributed by atoms with Crippen molar-refractivity contribution in [1.29, 1.82) is 0 Å². The van der Waals surface area contributed by atoms with Crippen LogP contribution in [0.4, 0.5) is 0 Å². The van der Waals surface area contributed by atoms with Gasteiger partial charge in [-0.05, 0) is 13.3 Å². The van der Waals surface area contributed by atoms with Crippen LogP contribution in [0, 0.1) is 12.3 Å². The van der Waals surface area contributed by atoms with Crippen LogP contribution in [-0.4, -0.2) is 36.6 Å². The third kappa shape index (κ3) is 2.33. The van der Waals surface area contributed by atoms with E-state index in [0.29, 0.717) is 6.42 Å². The molecule has 1 fully saturated rings. The lowest BCUT2D eigenvalue weighted by Gasteiger charge is -2.33. The van der Waals surface area contributed by atoms with Gasteiger partial charge in [-0.15, -0.1) is 6.42 Å². The number of carbonyl (C=O) groups excluding carboxylic acids is 1. The fourth-order valence-electron chi connectivity index (χ4n) is 1.71. The van der Waals surface area contributed by atoms with Gasteiger partial charge in [0, 0.05) is 23.6 Å². The molecule has 4 nitrogen and oxygen atoms in total. The summed E-state index contributed by atoms with van der Waals surface area (Å²) < 4.78 is 22.3. The lowest BCUT2D eigenvalue weighted by atomic mass is 9.98. The molecular weight excluding hydrogens is 250 g/mol. The van der Waals surface area contributed by atoms with Gasteiger partial charge in [0.15, 0.2) is 0 Å². The largest absolute Gasteiger partial charge is 0.325 e. The van der Waals surface area contributed by atoms with Crippen LogP contribution in [0.1, 0.15) is 26.7 Å². The fourth-order valence-corrected chi connectivity index (χ4v) is 2.74. The predicted octanol–water partition coefficient (Wildman–Crippen LogP) is 0.958. The Morgan fingerprint density at radius 3 is 2.56 bits per heavy atom. The summed E-state index contributed by atoms with van der Waals surface area (Å²) in [7, 11) is 1.54. The zero-order chi connectivity index (χ0) is 12.6. The summed E-state index contributed by atoms with van der Waals surface area (Å²) in [6.07, 6.45) is 5.88. The lowest BCUT2D eigenvalue weighted by Crippen LogP contribution is -2.46. The van der Waals surface area contributed by atoms with E-state index in [2.05, 4.69) is 5.92 Å². The van der Waals surface area contributed by atoms with Gasteiger partial charge < -0.3 is 4.90 Å². The van der Waals surface area contributed by atoms with E-state index in [0.717, 1.165) is 0 Å². The van der Waals surface area contributed by atoms with Crippen LogP contribution in [0.15, 0.2) is 0 Å². The van der Waals surface area contributed by atoms with Crippen molar-refractivity contribution in [1.82, 2.24) is 4.90 Å². The van der Waals surface area contributed by atoms with E-state index in [9.17, 15) is 13.2 Å². The summed E-state index contributed by atoms with van der Waals surface area (Å²) in [5, 5.41) is -0.846. The first-order valence-electron chi connectivity index (χ1n) is 4.96. The number of amides is 1. The van der Waals surface area contributed by atoms with Crippen LogP contribution in [0.2, 0.25) is 0 Å². The molecule has 0 N–H and O–H groups in total. The Labute approximate surface area is 100 Å². The highest BCUT2D eigenvalue weighted by Gasteiger charge is 2.43. The maximum Gasteiger partial charge on any atom is 0.237 e. The van der Waals surface area contributed by atoms with Crippen molar-refractivity contribution < 1.29 is 13.2 Å². The van der Waals surface area contributed by atoms with Gasteiger partial charge in [0.05, 0.1) is 0 Å². The van der Waals surface area contributed by atoms with E-state index < -0.39 is 19.8 Å². The second kappa shape index (κ2) is 4.27. The Balaban J connectivity index is 2.97. The standard InChI is InChI=1S/C10H14ClNO3S/c1-4-10(3,5-2)12-7-8(6-9(12)13)16(11,14)15/h1,8H,5-7H2,2-3H3. The molecule has 0 spiro atoms. The molecule has 0 aliphatic carbocycles. The van der Waals surface area contributed by atoms with E-state index in [1.54, 1.807) is 6.92 Å². The van der Waals surface area contributed by atoms with Crippen LogP contribution < -0.4 is 0 Å². The molecule has 0 saturated carbocycles. The van der Waals surface area contributed by atoms with Gasteiger partial charge >= 0.3 is 0 Å². The normalized spacial score (nSPS) is 25.2. The van der Waals surface area contributed by atoms with Gasteiger partial charge in [-0.2, -0.15) is 0 Å². The van der Waals surface area contributed by atoms with Crippen LogP contribution in [-0.2, 0) is 13.8 Å². The Hall–Kier alpha value is -0.730. The molecule has 1 aliphatic rings. The fraction of sp³-hybridized carbons (Fsp3) is 0.700. The zero-order valence-electron chi connectivity index (χ0n) is 9.23. The second-order valence-corrected chi connectivity index (χ2v) is 6.99. The van der Waals surface area contributed by atoms with Gasteiger partial charge in [-0.1, -0.05) is 12.8 Å². The molecule has 1 aliphatic heterocycles. The average Bonchev–Trinajstić information content (AvgIpc) is 2.59. The van der Waals surface area contributed by atoms with Crippen LogP contribution in [0.25, 0.3) is 0 Å². The molecule has 6 heteroatoms. The summed E-state index contributed by atoms with van der Waals surface area (Å²) >= 11 is 0. The molecular formula is C10H14ClNO3S. The number of likely N-dealkylation sites (tertiary alicyclic amines) is 1. The topological polar surface area (TPSA) is 54.5 Å². The summed E-state index contributed by atoms with van der Waals surface area (Å²) in [5.41, 5.74) is -0.729. The van der Waals surface area contributed by atoms with Crippen molar-refractivity contribution >= 4 is 25.6 Å². The maximum absolute atomic E-state index is 11.7. The Morgan fingerprint density at radius 1 is 1.69 bits per heavy atom. The first-order valence-corrected chi connectivity index (χ1v) is 7.33. The molecule has 2 unspecified atom stereocenters. The molecule has 16 heavy (non-hydrogen) atoms. The maximum atomic E-state index is 11.7. The minimum atomic E-state index is -3.70. The summed E-state index contributed by atoms with van der Waals surface area (Å²) in [5.74, 6) is 2.29. The number of carbonyl (C=O) groups is 1. The second-order valence-electron chi connectivity index (χ2n) is 4.08. The highest BCUT2D eigenvalue weighted by atomic mass is 35.7. The number of nitrogens with zero attached hydrogens (tertiary/aromatic N) is 1. The van der Waals surface area contributed by atoms with E-state index in [-0.39, 0.29) is 18.9 Å². The SMILES string of the molecule is C#CC(C)(CC)N1CC(S(=O)(=O)Cl)CC1=O. The molecule has 0 aromatic heterocycles. The van der Waals surface area contributed by atoms with Crippen LogP contribution in [0.3, 0.4) is 0 Å². The molecule has 1 heterocycles. The van der Waals surface area contributed by atoms with E-state index in [1.165, 1.54) is 4.90 Å². The van der Waals surface area contributed by atoms with Crippen molar-refractivity contribution in [2.75, 3.05) is 6.54 Å². The molecule has 0 radical (unpaired) electrons.